The molecule has 0 N–H and O–H groups in total. The van der Waals surface area contributed by atoms with Gasteiger partial charge in [-0.15, -0.1) is 11.6 Å². The summed E-state index contributed by atoms with van der Waals surface area (Å²) in [5.74, 6) is 0.261. The van der Waals surface area contributed by atoms with Gasteiger partial charge in [-0.3, -0.25) is 0 Å². The van der Waals surface area contributed by atoms with Gasteiger partial charge >= 0.3 is 12.3 Å². The Morgan fingerprint density at radius 3 is 1.64 bits per heavy atom. The van der Waals surface area contributed by atoms with Gasteiger partial charge in [-0.05, 0) is 19.4 Å². The maximum atomic E-state index is 10.9. The minimum Gasteiger partial charge on any atom is -0.434 e. The second-order valence-electron chi connectivity index (χ2n) is 5.78. The second kappa shape index (κ2) is 28.0. The summed E-state index contributed by atoms with van der Waals surface area (Å²) in [6.45, 7) is 5.78. The average molecular weight is 504 g/mol. The minimum atomic E-state index is -0.804. The highest BCUT2D eigenvalue weighted by Crippen LogP contribution is 1.92. The summed E-state index contributed by atoms with van der Waals surface area (Å²) < 4.78 is 38.7. The number of carbonyl (C=O) groups excluding carboxylic acids is 2. The highest BCUT2D eigenvalue weighted by atomic mass is 35.5. The first kappa shape index (κ1) is 35.6. The summed E-state index contributed by atoms with van der Waals surface area (Å²) in [7, 11) is 3.19. The van der Waals surface area contributed by atoms with Crippen molar-refractivity contribution in [1.29, 1.82) is 0 Å². The van der Waals surface area contributed by atoms with Gasteiger partial charge in [0.25, 0.3) is 0 Å². The number of halogens is 1. The maximum Gasteiger partial charge on any atom is 0.508 e. The van der Waals surface area contributed by atoms with Gasteiger partial charge in [0.2, 0.25) is 0 Å². The van der Waals surface area contributed by atoms with Crippen molar-refractivity contribution < 1.29 is 47.5 Å². The topological polar surface area (TPSA) is 157 Å². The molecule has 33 heavy (non-hydrogen) atoms. The van der Waals surface area contributed by atoms with E-state index in [1.165, 1.54) is 0 Å². The normalized spacial score (nSPS) is 11.4. The van der Waals surface area contributed by atoms with E-state index in [-0.39, 0.29) is 65.1 Å². The van der Waals surface area contributed by atoms with E-state index in [2.05, 4.69) is 29.0 Å². The molecule has 0 aliphatic carbocycles. The quantitative estimate of drug-likeness (QED) is 0.0717. The van der Waals surface area contributed by atoms with E-state index in [0.29, 0.717) is 19.8 Å². The molecule has 0 fully saturated rings. The van der Waals surface area contributed by atoms with E-state index in [0.717, 1.165) is 0 Å². The van der Waals surface area contributed by atoms with Crippen LogP contribution in [0.3, 0.4) is 0 Å². The highest BCUT2D eigenvalue weighted by molar-refractivity contribution is 6.18. The molecule has 0 saturated heterocycles. The summed E-state index contributed by atoms with van der Waals surface area (Å²) in [5.41, 5.74) is 7.96. The molecule has 0 radical (unpaired) electrons. The Hall–Kier alpha value is -2.02. The number of alkyl halides is 1. The Bertz CT molecular complexity index is 510. The lowest BCUT2D eigenvalue weighted by Gasteiger charge is -2.10. The standard InChI is InChI=1S/C9H17ClO5.C9H17N3O5.CH4/c1-8(12-2)7-13-5-6-15-9(11)14-4-3-10;1-8(14-2)7-15-5-6-17-9(13)16-4-3-11-12-10;/h8H,3-7H2,1-2H3;8H,3-7H2,1-2H3;1H4. The Morgan fingerprint density at radius 1 is 0.818 bits per heavy atom. The fourth-order valence-electron chi connectivity index (χ4n) is 1.42. The van der Waals surface area contributed by atoms with E-state index < -0.39 is 12.3 Å². The zero-order chi connectivity index (χ0) is 24.5. The van der Waals surface area contributed by atoms with Crippen molar-refractivity contribution in [3.63, 3.8) is 0 Å². The van der Waals surface area contributed by atoms with Crippen molar-refractivity contribution in [1.82, 2.24) is 0 Å². The molecule has 0 aliphatic heterocycles. The smallest absolute Gasteiger partial charge is 0.434 e. The number of hydrogen-bond acceptors (Lipinski definition) is 11. The van der Waals surface area contributed by atoms with Crippen molar-refractivity contribution in [2.75, 3.05) is 79.5 Å². The van der Waals surface area contributed by atoms with Crippen LogP contribution < -0.4 is 0 Å². The summed E-state index contributed by atoms with van der Waals surface area (Å²) in [5, 5.41) is 3.19. The molecule has 0 aromatic rings. The van der Waals surface area contributed by atoms with Gasteiger partial charge in [-0.1, -0.05) is 12.5 Å². The third-order valence-electron chi connectivity index (χ3n) is 3.18. The van der Waals surface area contributed by atoms with Gasteiger partial charge in [0, 0.05) is 19.1 Å². The summed E-state index contributed by atoms with van der Waals surface area (Å²) >= 11 is 5.31. The molecule has 13 nitrogen and oxygen atoms in total. The molecule has 0 aromatic carbocycles. The Kier molecular flexibility index (Phi) is 30.2. The molecule has 0 rings (SSSR count). The van der Waals surface area contributed by atoms with Gasteiger partial charge < -0.3 is 37.9 Å². The van der Waals surface area contributed by atoms with E-state index in [1.54, 1.807) is 14.2 Å². The third kappa shape index (κ3) is 30.0. The summed E-state index contributed by atoms with van der Waals surface area (Å²) in [6, 6.07) is 0. The van der Waals surface area contributed by atoms with Crippen LogP contribution in [-0.2, 0) is 37.9 Å². The lowest BCUT2D eigenvalue weighted by Crippen LogP contribution is -2.18. The monoisotopic (exact) mass is 503 g/mol. The summed E-state index contributed by atoms with van der Waals surface area (Å²) in [6.07, 6.45) is -1.49. The number of azide groups is 1. The highest BCUT2D eigenvalue weighted by Gasteiger charge is 2.04. The molecule has 0 aliphatic rings. The first-order chi connectivity index (χ1) is 15.4. The number of rotatable bonds is 17. The molecule has 0 bridgehead atoms. The third-order valence-corrected chi connectivity index (χ3v) is 3.33. The van der Waals surface area contributed by atoms with Crippen LogP contribution in [0, 0.1) is 0 Å². The Labute approximate surface area is 200 Å². The predicted octanol–water partition coefficient (Wildman–Crippen LogP) is 3.57. The van der Waals surface area contributed by atoms with Gasteiger partial charge in [0.1, 0.15) is 26.4 Å². The largest absolute Gasteiger partial charge is 0.508 e. The molecule has 196 valence electrons. The molecule has 0 amide bonds. The van der Waals surface area contributed by atoms with E-state index in [1.807, 2.05) is 13.8 Å². The number of ether oxygens (including phenoxy) is 8. The lowest BCUT2D eigenvalue weighted by atomic mass is 10.4. The second-order valence-corrected chi connectivity index (χ2v) is 6.16. The van der Waals surface area contributed by atoms with Crippen LogP contribution in [0.4, 0.5) is 9.59 Å². The summed E-state index contributed by atoms with van der Waals surface area (Å²) in [4.78, 5) is 24.2. The molecular weight excluding hydrogens is 466 g/mol. The van der Waals surface area contributed by atoms with Crippen LogP contribution in [0.5, 0.6) is 0 Å². The Morgan fingerprint density at radius 2 is 1.24 bits per heavy atom. The van der Waals surface area contributed by atoms with Crippen molar-refractivity contribution in [2.24, 2.45) is 5.11 Å². The van der Waals surface area contributed by atoms with Gasteiger partial charge in [0.15, 0.2) is 0 Å². The van der Waals surface area contributed by atoms with Crippen molar-refractivity contribution in [3.8, 4) is 0 Å². The number of hydrogen-bond donors (Lipinski definition) is 0. The molecule has 0 heterocycles. The van der Waals surface area contributed by atoms with Crippen LogP contribution in [0.25, 0.3) is 10.4 Å². The van der Waals surface area contributed by atoms with Crippen LogP contribution in [0.1, 0.15) is 21.3 Å². The zero-order valence-electron chi connectivity index (χ0n) is 19.0. The fourth-order valence-corrected chi connectivity index (χ4v) is 1.50. The van der Waals surface area contributed by atoms with Crippen LogP contribution in [0.2, 0.25) is 0 Å². The number of nitrogens with zero attached hydrogens (tertiary/aromatic N) is 3. The predicted molar refractivity (Wildman–Crippen MR) is 121 cm³/mol. The molecule has 2 unspecified atom stereocenters. The molecule has 2 atom stereocenters. The molecule has 0 aromatic heterocycles. The van der Waals surface area contributed by atoms with E-state index >= 15 is 0 Å². The first-order valence-electron chi connectivity index (χ1n) is 9.78. The van der Waals surface area contributed by atoms with Crippen molar-refractivity contribution in [2.45, 2.75) is 33.5 Å². The molecule has 0 spiro atoms. The van der Waals surface area contributed by atoms with Crippen LogP contribution in [-0.4, -0.2) is 104 Å². The van der Waals surface area contributed by atoms with Gasteiger partial charge in [-0.25, -0.2) is 9.59 Å². The number of methoxy groups -OCH3 is 2. The fraction of sp³-hybridized carbons (Fsp3) is 0.895. The van der Waals surface area contributed by atoms with Crippen LogP contribution in [0.15, 0.2) is 5.11 Å². The van der Waals surface area contributed by atoms with E-state index in [4.69, 9.17) is 36.1 Å². The Balaban J connectivity index is -0.000000533. The van der Waals surface area contributed by atoms with Crippen molar-refractivity contribution in [3.05, 3.63) is 10.4 Å². The maximum absolute atomic E-state index is 10.9. The molecule has 14 heteroatoms. The average Bonchev–Trinajstić information content (AvgIpc) is 2.80. The number of carbonyl (C=O) groups is 2. The van der Waals surface area contributed by atoms with E-state index in [9.17, 15) is 9.59 Å². The zero-order valence-corrected chi connectivity index (χ0v) is 19.8. The molecule has 0 saturated carbocycles. The minimum absolute atomic E-state index is 0. The van der Waals surface area contributed by atoms with Gasteiger partial charge in [-0.2, -0.15) is 0 Å². The molecular formula is C19H38ClN3O10. The van der Waals surface area contributed by atoms with Crippen molar-refractivity contribution >= 4 is 23.9 Å². The SMILES string of the molecule is C.COC(C)COCCOC(=O)OCCCl.COC(C)COCCOC(=O)OCCN=[N+]=[N-]. The first-order valence-corrected chi connectivity index (χ1v) is 10.3. The van der Waals surface area contributed by atoms with Gasteiger partial charge in [0.05, 0.1) is 51.1 Å². The lowest BCUT2D eigenvalue weighted by molar-refractivity contribution is -0.00704. The van der Waals surface area contributed by atoms with Crippen LogP contribution >= 0.6 is 11.6 Å².